The van der Waals surface area contributed by atoms with Gasteiger partial charge < -0.3 is 19.3 Å². The van der Waals surface area contributed by atoms with Crippen molar-refractivity contribution in [2.75, 3.05) is 32.8 Å². The Morgan fingerprint density at radius 2 is 1.54 bits per heavy atom. The Labute approximate surface area is 150 Å². The standard InChI is InChI=1S/C19H19FN2O4/c20-15-5-4-8-17(13-15)25-14-18(23)21-9-11-22(12-10-21)19(24)26-16-6-2-1-3-7-16/h1-8,13H,9-12,14H2. The number of piperazine rings is 1. The number of carbonyl (C=O) groups excluding carboxylic acids is 2. The number of halogens is 1. The number of hydrogen-bond donors (Lipinski definition) is 0. The summed E-state index contributed by atoms with van der Waals surface area (Å²) in [5, 5.41) is 0. The van der Waals surface area contributed by atoms with Crippen molar-refractivity contribution in [3.63, 3.8) is 0 Å². The Kier molecular flexibility index (Phi) is 5.68. The highest BCUT2D eigenvalue weighted by Gasteiger charge is 2.25. The zero-order chi connectivity index (χ0) is 18.4. The van der Waals surface area contributed by atoms with Crippen molar-refractivity contribution >= 4 is 12.0 Å². The highest BCUT2D eigenvalue weighted by atomic mass is 19.1. The summed E-state index contributed by atoms with van der Waals surface area (Å²) in [7, 11) is 0. The van der Waals surface area contributed by atoms with Gasteiger partial charge in [-0.2, -0.15) is 0 Å². The first-order valence-corrected chi connectivity index (χ1v) is 8.30. The van der Waals surface area contributed by atoms with Gasteiger partial charge in [-0.05, 0) is 24.3 Å². The van der Waals surface area contributed by atoms with E-state index in [9.17, 15) is 14.0 Å². The van der Waals surface area contributed by atoms with Crippen LogP contribution in [0, 0.1) is 5.82 Å². The lowest BCUT2D eigenvalue weighted by atomic mass is 10.3. The highest BCUT2D eigenvalue weighted by molar-refractivity contribution is 5.78. The summed E-state index contributed by atoms with van der Waals surface area (Å²) in [6.07, 6.45) is -0.431. The lowest BCUT2D eigenvalue weighted by Gasteiger charge is -2.34. The van der Waals surface area contributed by atoms with Crippen molar-refractivity contribution in [3.8, 4) is 11.5 Å². The molecule has 0 aromatic heterocycles. The molecule has 1 saturated heterocycles. The van der Waals surface area contributed by atoms with Gasteiger partial charge in [0, 0.05) is 32.2 Å². The molecule has 0 N–H and O–H groups in total. The summed E-state index contributed by atoms with van der Waals surface area (Å²) in [6, 6.07) is 14.5. The Balaban J connectivity index is 1.44. The topological polar surface area (TPSA) is 59.1 Å². The molecule has 2 aromatic carbocycles. The van der Waals surface area contributed by atoms with Gasteiger partial charge in [-0.25, -0.2) is 9.18 Å². The molecule has 3 rings (SSSR count). The molecule has 0 saturated carbocycles. The largest absolute Gasteiger partial charge is 0.484 e. The average Bonchev–Trinajstić information content (AvgIpc) is 2.67. The van der Waals surface area contributed by atoms with Crippen molar-refractivity contribution in [2.24, 2.45) is 0 Å². The van der Waals surface area contributed by atoms with E-state index < -0.39 is 11.9 Å². The molecule has 1 aliphatic heterocycles. The monoisotopic (exact) mass is 358 g/mol. The summed E-state index contributed by atoms with van der Waals surface area (Å²) >= 11 is 0. The van der Waals surface area contributed by atoms with E-state index in [1.165, 1.54) is 18.2 Å². The van der Waals surface area contributed by atoms with Gasteiger partial charge in [0.1, 0.15) is 17.3 Å². The molecule has 0 spiro atoms. The van der Waals surface area contributed by atoms with Crippen molar-refractivity contribution in [1.29, 1.82) is 0 Å². The Hall–Kier alpha value is -3.09. The molecule has 1 heterocycles. The number of rotatable bonds is 4. The number of benzene rings is 2. The van der Waals surface area contributed by atoms with Crippen molar-refractivity contribution < 1.29 is 23.5 Å². The van der Waals surface area contributed by atoms with Crippen LogP contribution in [0.1, 0.15) is 0 Å². The fourth-order valence-corrected chi connectivity index (χ4v) is 2.59. The molecule has 0 atom stereocenters. The second-order valence-electron chi connectivity index (χ2n) is 5.79. The molecule has 1 fully saturated rings. The predicted molar refractivity (Wildman–Crippen MR) is 92.5 cm³/mol. The molecule has 0 unspecified atom stereocenters. The van der Waals surface area contributed by atoms with E-state index >= 15 is 0 Å². The number of hydrogen-bond acceptors (Lipinski definition) is 4. The van der Waals surface area contributed by atoms with Gasteiger partial charge in [-0.3, -0.25) is 4.79 Å². The van der Waals surface area contributed by atoms with E-state index in [1.54, 1.807) is 40.1 Å². The first-order valence-electron chi connectivity index (χ1n) is 8.30. The number of para-hydroxylation sites is 1. The number of amides is 2. The number of ether oxygens (including phenoxy) is 2. The van der Waals surface area contributed by atoms with Crippen LogP contribution in [0.4, 0.5) is 9.18 Å². The first-order chi connectivity index (χ1) is 12.6. The Morgan fingerprint density at radius 1 is 0.885 bits per heavy atom. The molecular formula is C19H19FN2O4. The predicted octanol–water partition coefficient (Wildman–Crippen LogP) is 2.55. The quantitative estimate of drug-likeness (QED) is 0.843. The first kappa shape index (κ1) is 17.7. The second-order valence-corrected chi connectivity index (χ2v) is 5.79. The molecule has 2 aromatic rings. The molecule has 0 radical (unpaired) electrons. The van der Waals surface area contributed by atoms with Crippen molar-refractivity contribution in [1.82, 2.24) is 9.80 Å². The minimum Gasteiger partial charge on any atom is -0.484 e. The summed E-state index contributed by atoms with van der Waals surface area (Å²) in [5.41, 5.74) is 0. The van der Waals surface area contributed by atoms with Gasteiger partial charge in [-0.15, -0.1) is 0 Å². The van der Waals surface area contributed by atoms with E-state index in [-0.39, 0.29) is 12.5 Å². The van der Waals surface area contributed by atoms with Crippen LogP contribution in [0.2, 0.25) is 0 Å². The minimum absolute atomic E-state index is 0.169. The van der Waals surface area contributed by atoms with Crippen LogP contribution in [0.15, 0.2) is 54.6 Å². The third-order valence-electron chi connectivity index (χ3n) is 4.00. The van der Waals surface area contributed by atoms with E-state index in [4.69, 9.17) is 9.47 Å². The fraction of sp³-hybridized carbons (Fsp3) is 0.263. The van der Waals surface area contributed by atoms with Crippen LogP contribution in [0.3, 0.4) is 0 Å². The van der Waals surface area contributed by atoms with Gasteiger partial charge in [0.15, 0.2) is 6.61 Å². The van der Waals surface area contributed by atoms with Crippen LogP contribution >= 0.6 is 0 Å². The maximum Gasteiger partial charge on any atom is 0.415 e. The van der Waals surface area contributed by atoms with Gasteiger partial charge >= 0.3 is 6.09 Å². The smallest absolute Gasteiger partial charge is 0.415 e. The summed E-state index contributed by atoms with van der Waals surface area (Å²) in [5.74, 6) is 0.175. The molecule has 0 bridgehead atoms. The third-order valence-corrected chi connectivity index (χ3v) is 4.00. The van der Waals surface area contributed by atoms with Crippen LogP contribution in [0.25, 0.3) is 0 Å². The number of carbonyl (C=O) groups is 2. The highest BCUT2D eigenvalue weighted by Crippen LogP contribution is 2.13. The van der Waals surface area contributed by atoms with Gasteiger partial charge in [0.2, 0.25) is 0 Å². The molecule has 7 heteroatoms. The average molecular weight is 358 g/mol. The fourth-order valence-electron chi connectivity index (χ4n) is 2.59. The molecule has 0 aliphatic carbocycles. The lowest BCUT2D eigenvalue weighted by molar-refractivity contribution is -0.134. The van der Waals surface area contributed by atoms with Crippen LogP contribution in [0.5, 0.6) is 11.5 Å². The molecular weight excluding hydrogens is 339 g/mol. The maximum absolute atomic E-state index is 13.1. The SMILES string of the molecule is O=C(COc1cccc(F)c1)N1CCN(C(=O)Oc2ccccc2)CC1. The van der Waals surface area contributed by atoms with E-state index in [2.05, 4.69) is 0 Å². The Morgan fingerprint density at radius 3 is 2.23 bits per heavy atom. The van der Waals surface area contributed by atoms with E-state index in [1.807, 2.05) is 6.07 Å². The van der Waals surface area contributed by atoms with Crippen LogP contribution < -0.4 is 9.47 Å². The minimum atomic E-state index is -0.431. The van der Waals surface area contributed by atoms with Crippen LogP contribution in [-0.2, 0) is 4.79 Å². The Bertz CT molecular complexity index is 761. The van der Waals surface area contributed by atoms with E-state index in [0.29, 0.717) is 37.7 Å². The lowest BCUT2D eigenvalue weighted by Crippen LogP contribution is -2.52. The zero-order valence-corrected chi connectivity index (χ0v) is 14.1. The molecule has 136 valence electrons. The zero-order valence-electron chi connectivity index (χ0n) is 14.1. The molecule has 6 nitrogen and oxygen atoms in total. The number of nitrogens with zero attached hydrogens (tertiary/aromatic N) is 2. The third kappa shape index (κ3) is 4.72. The van der Waals surface area contributed by atoms with Gasteiger partial charge in [0.05, 0.1) is 0 Å². The van der Waals surface area contributed by atoms with Gasteiger partial charge in [0.25, 0.3) is 5.91 Å². The van der Waals surface area contributed by atoms with Crippen molar-refractivity contribution in [2.45, 2.75) is 0 Å². The normalized spacial score (nSPS) is 14.0. The summed E-state index contributed by atoms with van der Waals surface area (Å²) < 4.78 is 23.7. The summed E-state index contributed by atoms with van der Waals surface area (Å²) in [6.45, 7) is 1.40. The second kappa shape index (κ2) is 8.33. The van der Waals surface area contributed by atoms with Crippen LogP contribution in [-0.4, -0.2) is 54.6 Å². The maximum atomic E-state index is 13.1. The molecule has 26 heavy (non-hydrogen) atoms. The summed E-state index contributed by atoms with van der Waals surface area (Å²) in [4.78, 5) is 27.5. The van der Waals surface area contributed by atoms with Gasteiger partial charge in [-0.1, -0.05) is 24.3 Å². The van der Waals surface area contributed by atoms with Crippen molar-refractivity contribution in [3.05, 3.63) is 60.4 Å². The molecule has 1 aliphatic rings. The molecule has 2 amide bonds. The van der Waals surface area contributed by atoms with E-state index in [0.717, 1.165) is 0 Å².